The van der Waals surface area contributed by atoms with Crippen LogP contribution in [0.15, 0.2) is 0 Å². The second-order valence-corrected chi connectivity index (χ2v) is 0.720. The van der Waals surface area contributed by atoms with Crippen molar-refractivity contribution in [1.29, 1.82) is 0 Å². The van der Waals surface area contributed by atoms with E-state index in [1.54, 1.807) is 6.92 Å². The Morgan fingerprint density at radius 1 is 1.86 bits per heavy atom. The molecule has 0 bridgehead atoms. The van der Waals surface area contributed by atoms with Gasteiger partial charge in [-0.25, -0.2) is 0 Å². The summed E-state index contributed by atoms with van der Waals surface area (Å²) in [4.78, 5) is 9.49. The van der Waals surface area contributed by atoms with Gasteiger partial charge in [-0.05, 0) is 6.92 Å². The van der Waals surface area contributed by atoms with E-state index in [1.807, 2.05) is 0 Å². The van der Waals surface area contributed by atoms with Gasteiger partial charge in [-0.2, -0.15) is 0 Å². The smallest absolute Gasteiger partial charge is 0.227 e. The third kappa shape index (κ3) is 10.7. The van der Waals surface area contributed by atoms with Crippen molar-refractivity contribution in [1.82, 2.24) is 0 Å². The van der Waals surface area contributed by atoms with Crippen molar-refractivity contribution in [2.75, 3.05) is 6.61 Å². The molecule has 0 rings (SSSR count). The molecule has 7 heavy (non-hydrogen) atoms. The maximum Gasteiger partial charge on any atom is 0.227 e. The van der Waals surface area contributed by atoms with Gasteiger partial charge in [0.05, 0.1) is 6.61 Å². The number of nitrogens with one attached hydrogen (secondary N) is 1. The van der Waals surface area contributed by atoms with Gasteiger partial charge in [0.25, 0.3) is 0 Å². The summed E-state index contributed by atoms with van der Waals surface area (Å²) in [5, 5.41) is 0. The molecule has 0 aliphatic heterocycles. The summed E-state index contributed by atoms with van der Waals surface area (Å²) in [6.07, 6.45) is -0.961. The van der Waals surface area contributed by atoms with Gasteiger partial charge in [0.1, 0.15) is 0 Å². The molecule has 0 aliphatic rings. The average molecular weight is 184 g/mol. The first-order chi connectivity index (χ1) is 2.77. The van der Waals surface area contributed by atoms with Crippen molar-refractivity contribution in [3.8, 4) is 0 Å². The zero-order valence-corrected chi connectivity index (χ0v) is 5.94. The van der Waals surface area contributed by atoms with E-state index in [0.717, 1.165) is 0 Å². The number of carbonyl (C=O) groups excluding carboxylic acids is 1. The number of carbonyl (C=O) groups is 1. The van der Waals surface area contributed by atoms with Crippen LogP contribution in [0.4, 0.5) is 4.79 Å². The van der Waals surface area contributed by atoms with Crippen LogP contribution in [0, 0.1) is 0 Å². The van der Waals surface area contributed by atoms with Crippen LogP contribution in [0.2, 0.25) is 0 Å². The molecule has 1 amide bonds. The van der Waals surface area contributed by atoms with E-state index in [9.17, 15) is 4.79 Å². The molecule has 42 valence electrons. The number of ether oxygens (including phenoxy) is 1. The topological polar surface area (TPSA) is 50.1 Å². The zero-order valence-electron chi connectivity index (χ0n) is 3.93. The molecule has 0 atom stereocenters. The molecule has 0 aromatic heterocycles. The molecule has 0 saturated carbocycles. The van der Waals surface area contributed by atoms with Crippen LogP contribution in [0.3, 0.4) is 0 Å². The molecular weight excluding hydrogens is 178 g/mol. The van der Waals surface area contributed by atoms with Gasteiger partial charge in [-0.1, -0.05) is 0 Å². The quantitative estimate of drug-likeness (QED) is 0.574. The summed E-state index contributed by atoms with van der Waals surface area (Å²) in [5.41, 5.74) is 6.12. The fourth-order valence-electron chi connectivity index (χ4n) is 0.131. The van der Waals surface area contributed by atoms with Crippen LogP contribution in [0.1, 0.15) is 6.92 Å². The molecule has 0 fully saturated rings. The van der Waals surface area contributed by atoms with Crippen molar-refractivity contribution >= 4 is 6.09 Å². The van der Waals surface area contributed by atoms with E-state index in [-0.39, 0.29) is 21.1 Å². The standard InChI is InChI=1S/C3H7NO2.Mo/c1-2-6-3(4)5;/h2H2,1H3,(H2,4,5);/p-1. The van der Waals surface area contributed by atoms with Crippen molar-refractivity contribution < 1.29 is 30.6 Å². The number of amides is 1. The van der Waals surface area contributed by atoms with E-state index in [1.165, 1.54) is 0 Å². The molecule has 0 unspecified atom stereocenters. The van der Waals surface area contributed by atoms with Crippen molar-refractivity contribution in [3.05, 3.63) is 5.73 Å². The molecule has 4 heteroatoms. The van der Waals surface area contributed by atoms with Crippen molar-refractivity contribution in [2.24, 2.45) is 0 Å². The van der Waals surface area contributed by atoms with Crippen LogP contribution in [0.5, 0.6) is 0 Å². The number of rotatable bonds is 1. The Balaban J connectivity index is 0. The summed E-state index contributed by atoms with van der Waals surface area (Å²) in [7, 11) is 0. The Labute approximate surface area is 56.5 Å². The monoisotopic (exact) mass is 186 g/mol. The molecule has 3 nitrogen and oxygen atoms in total. The summed E-state index contributed by atoms with van der Waals surface area (Å²) in [6.45, 7) is 1.95. The fraction of sp³-hybridized carbons (Fsp3) is 0.667. The molecule has 1 N–H and O–H groups in total. The first-order valence-corrected chi connectivity index (χ1v) is 1.65. The fourth-order valence-corrected chi connectivity index (χ4v) is 0.131. The van der Waals surface area contributed by atoms with E-state index < -0.39 is 6.09 Å². The van der Waals surface area contributed by atoms with Crippen LogP contribution in [0.25, 0.3) is 5.73 Å². The summed E-state index contributed by atoms with van der Waals surface area (Å²) in [5.74, 6) is 0. The number of hydrogen-bond donors (Lipinski definition) is 0. The van der Waals surface area contributed by atoms with Gasteiger partial charge in [0.15, 0.2) is 0 Å². The Kier molecular flexibility index (Phi) is 8.55. The van der Waals surface area contributed by atoms with Crippen molar-refractivity contribution in [3.63, 3.8) is 0 Å². The second-order valence-electron chi connectivity index (χ2n) is 0.720. The molecule has 0 aliphatic carbocycles. The summed E-state index contributed by atoms with van der Waals surface area (Å²) in [6, 6.07) is 0. The molecule has 0 aromatic carbocycles. The molecule has 0 aromatic rings. The van der Waals surface area contributed by atoms with Crippen LogP contribution in [-0.2, 0) is 25.8 Å². The Morgan fingerprint density at radius 2 is 2.29 bits per heavy atom. The van der Waals surface area contributed by atoms with Gasteiger partial charge in [0.2, 0.25) is 6.09 Å². The maximum atomic E-state index is 9.49. The zero-order chi connectivity index (χ0) is 4.99. The van der Waals surface area contributed by atoms with Crippen LogP contribution in [-0.4, -0.2) is 12.7 Å². The second kappa shape index (κ2) is 5.96. The first-order valence-electron chi connectivity index (χ1n) is 1.65. The van der Waals surface area contributed by atoms with Crippen LogP contribution >= 0.6 is 0 Å². The van der Waals surface area contributed by atoms with Crippen LogP contribution < -0.4 is 0 Å². The largest absolute Gasteiger partial charge is 0.632 e. The van der Waals surface area contributed by atoms with Crippen molar-refractivity contribution in [2.45, 2.75) is 6.92 Å². The average Bonchev–Trinajstić information content (AvgIpc) is 1.35. The first kappa shape index (κ1) is 10.0. The maximum absolute atomic E-state index is 9.49. The minimum atomic E-state index is -0.961. The molecule has 0 heterocycles. The molecule has 0 radical (unpaired) electrons. The van der Waals surface area contributed by atoms with Gasteiger partial charge in [0, 0.05) is 21.1 Å². The molecular formula is C3H6MoNO2-. The van der Waals surface area contributed by atoms with E-state index in [2.05, 4.69) is 4.74 Å². The van der Waals surface area contributed by atoms with Gasteiger partial charge >= 0.3 is 0 Å². The van der Waals surface area contributed by atoms with E-state index in [0.29, 0.717) is 6.61 Å². The molecule has 0 spiro atoms. The Bertz CT molecular complexity index is 56.9. The third-order valence-electron chi connectivity index (χ3n) is 0.275. The molecule has 0 saturated heterocycles. The van der Waals surface area contributed by atoms with E-state index >= 15 is 0 Å². The minimum absolute atomic E-state index is 0. The summed E-state index contributed by atoms with van der Waals surface area (Å²) < 4.78 is 4.07. The SMILES string of the molecule is CCOC([NH-])=O.[Mo]. The van der Waals surface area contributed by atoms with Gasteiger partial charge in [-0.15, -0.1) is 0 Å². The normalized spacial score (nSPS) is 6.43. The predicted molar refractivity (Wildman–Crippen MR) is 21.3 cm³/mol. The Hall–Kier alpha value is -0.0417. The van der Waals surface area contributed by atoms with Gasteiger partial charge < -0.3 is 10.5 Å². The summed E-state index contributed by atoms with van der Waals surface area (Å²) >= 11 is 0. The Morgan fingerprint density at radius 3 is 2.29 bits per heavy atom. The van der Waals surface area contributed by atoms with E-state index in [4.69, 9.17) is 5.73 Å². The van der Waals surface area contributed by atoms with Gasteiger partial charge in [-0.3, -0.25) is 4.79 Å². The minimum Gasteiger partial charge on any atom is -0.632 e. The third-order valence-corrected chi connectivity index (χ3v) is 0.275. The number of hydrogen-bond acceptors (Lipinski definition) is 2. The predicted octanol–water partition coefficient (Wildman–Crippen LogP) is 1.19.